The first-order valence-corrected chi connectivity index (χ1v) is 12.2. The molecule has 0 N–H and O–H groups in total. The van der Waals surface area contributed by atoms with Gasteiger partial charge in [0.15, 0.2) is 5.60 Å². The second-order valence-corrected chi connectivity index (χ2v) is 9.60. The van der Waals surface area contributed by atoms with Crippen LogP contribution in [0.25, 0.3) is 5.57 Å². The third kappa shape index (κ3) is 5.76. The molecular formula is C29H38N2O4. The second kappa shape index (κ2) is 11.1. The Kier molecular flexibility index (Phi) is 8.39. The van der Waals surface area contributed by atoms with Crippen LogP contribution in [0.5, 0.6) is 0 Å². The maximum absolute atomic E-state index is 13.2. The van der Waals surface area contributed by atoms with Gasteiger partial charge in [-0.05, 0) is 68.4 Å². The Morgan fingerprint density at radius 3 is 2.57 bits per heavy atom. The van der Waals surface area contributed by atoms with Crippen molar-refractivity contribution in [3.63, 3.8) is 0 Å². The summed E-state index contributed by atoms with van der Waals surface area (Å²) in [5.74, 6) is -0.109. The van der Waals surface area contributed by atoms with Crippen LogP contribution >= 0.6 is 0 Å². The summed E-state index contributed by atoms with van der Waals surface area (Å²) in [6, 6.07) is 7.84. The number of methoxy groups -OCH3 is 1. The first kappa shape index (κ1) is 26.5. The minimum atomic E-state index is -0.702. The number of carbonyl (C=O) groups is 2. The summed E-state index contributed by atoms with van der Waals surface area (Å²) >= 11 is 0. The molecule has 1 saturated heterocycles. The zero-order chi connectivity index (χ0) is 25.8. The first-order valence-electron chi connectivity index (χ1n) is 12.2. The molecule has 1 fully saturated rings. The number of nitrogens with zero attached hydrogens (tertiary/aromatic N) is 2. The van der Waals surface area contributed by atoms with Crippen LogP contribution < -0.4 is 0 Å². The molecule has 2 unspecified atom stereocenters. The molecule has 3 rings (SSSR count). The van der Waals surface area contributed by atoms with Crippen LogP contribution in [-0.4, -0.2) is 54.7 Å². The summed E-state index contributed by atoms with van der Waals surface area (Å²) in [7, 11) is 3.36. The van der Waals surface area contributed by atoms with Crippen LogP contribution in [0.3, 0.4) is 0 Å². The molecule has 1 heterocycles. The van der Waals surface area contributed by atoms with Crippen molar-refractivity contribution in [1.82, 2.24) is 9.80 Å². The van der Waals surface area contributed by atoms with Crippen molar-refractivity contribution in [2.45, 2.75) is 58.6 Å². The zero-order valence-electron chi connectivity index (χ0n) is 21.9. The van der Waals surface area contributed by atoms with E-state index >= 15 is 0 Å². The van der Waals surface area contributed by atoms with Gasteiger partial charge in [0.05, 0.1) is 12.6 Å². The topological polar surface area (TPSA) is 59.1 Å². The van der Waals surface area contributed by atoms with E-state index in [0.29, 0.717) is 25.3 Å². The number of cyclic esters (lactones) is 1. The van der Waals surface area contributed by atoms with E-state index in [1.165, 1.54) is 10.5 Å². The van der Waals surface area contributed by atoms with E-state index < -0.39 is 5.60 Å². The Morgan fingerprint density at radius 1 is 1.31 bits per heavy atom. The Hall–Kier alpha value is -3.12. The van der Waals surface area contributed by atoms with E-state index in [1.807, 2.05) is 38.1 Å². The maximum Gasteiger partial charge on any atom is 0.411 e. The minimum Gasteiger partial charge on any atom is -0.436 e. The molecule has 0 spiro atoms. The lowest BCUT2D eigenvalue weighted by molar-refractivity contribution is -0.123. The number of amides is 2. The molecule has 1 aliphatic heterocycles. The van der Waals surface area contributed by atoms with E-state index in [9.17, 15) is 9.59 Å². The van der Waals surface area contributed by atoms with Crippen LogP contribution in [0, 0.1) is 0 Å². The lowest BCUT2D eigenvalue weighted by atomic mass is 9.81. The fourth-order valence-corrected chi connectivity index (χ4v) is 4.79. The van der Waals surface area contributed by atoms with Crippen molar-refractivity contribution in [2.75, 3.05) is 27.3 Å². The molecular weight excluding hydrogens is 440 g/mol. The lowest BCUT2D eigenvalue weighted by Gasteiger charge is -2.45. The van der Waals surface area contributed by atoms with E-state index in [2.05, 4.69) is 25.7 Å². The average molecular weight is 479 g/mol. The van der Waals surface area contributed by atoms with Crippen LogP contribution in [0.4, 0.5) is 4.79 Å². The molecule has 1 aromatic carbocycles. The van der Waals surface area contributed by atoms with Gasteiger partial charge in [-0.25, -0.2) is 4.79 Å². The average Bonchev–Trinajstić information content (AvgIpc) is 2.83. The molecule has 188 valence electrons. The molecule has 2 amide bonds. The quantitative estimate of drug-likeness (QED) is 0.428. The molecule has 1 aliphatic carbocycles. The van der Waals surface area contributed by atoms with Gasteiger partial charge in [0.2, 0.25) is 0 Å². The standard InChI is InChI=1S/C29H38N2O4/c1-20(2)30(6)27(32)18-22(4)24-12-14-25(15-13-24)23(5)31-17-16-29(19-34-7,35-28(31)33)26-11-9-8-10-21(26)3/h8,10,12-15,18,23H,1,9,11,16-17,19H2,2-7H3. The molecule has 0 bridgehead atoms. The second-order valence-electron chi connectivity index (χ2n) is 9.60. The molecule has 6 nitrogen and oxygen atoms in total. The van der Waals surface area contributed by atoms with Gasteiger partial charge in [-0.1, -0.05) is 43.0 Å². The number of rotatable bonds is 8. The maximum atomic E-state index is 13.2. The third-order valence-corrected chi connectivity index (χ3v) is 7.17. The van der Waals surface area contributed by atoms with Crippen LogP contribution in [0.1, 0.15) is 64.1 Å². The molecule has 0 saturated carbocycles. The predicted molar refractivity (Wildman–Crippen MR) is 140 cm³/mol. The van der Waals surface area contributed by atoms with Crippen LogP contribution in [0.2, 0.25) is 0 Å². The van der Waals surface area contributed by atoms with Crippen molar-refractivity contribution >= 4 is 17.6 Å². The number of benzene rings is 1. The molecule has 35 heavy (non-hydrogen) atoms. The van der Waals surface area contributed by atoms with E-state index in [1.54, 1.807) is 32.1 Å². The lowest BCUT2D eigenvalue weighted by Crippen LogP contribution is -2.53. The normalized spacial score (nSPS) is 21.6. The van der Waals surface area contributed by atoms with Gasteiger partial charge >= 0.3 is 6.09 Å². The Morgan fingerprint density at radius 2 is 2.00 bits per heavy atom. The number of allylic oxidation sites excluding steroid dienone is 5. The predicted octanol–water partition coefficient (Wildman–Crippen LogP) is 6.04. The molecule has 2 atom stereocenters. The summed E-state index contributed by atoms with van der Waals surface area (Å²) in [6.07, 6.45) is 8.09. The highest BCUT2D eigenvalue weighted by atomic mass is 16.6. The van der Waals surface area contributed by atoms with Crippen molar-refractivity contribution in [1.29, 1.82) is 0 Å². The highest BCUT2D eigenvalue weighted by Gasteiger charge is 2.45. The van der Waals surface area contributed by atoms with Gasteiger partial charge in [0.25, 0.3) is 5.91 Å². The molecule has 6 heteroatoms. The van der Waals surface area contributed by atoms with E-state index in [0.717, 1.165) is 35.1 Å². The van der Waals surface area contributed by atoms with Gasteiger partial charge in [0.1, 0.15) is 0 Å². The summed E-state index contributed by atoms with van der Waals surface area (Å²) < 4.78 is 11.7. The molecule has 2 aliphatic rings. The third-order valence-electron chi connectivity index (χ3n) is 7.17. The monoisotopic (exact) mass is 478 g/mol. The zero-order valence-corrected chi connectivity index (χ0v) is 21.9. The van der Waals surface area contributed by atoms with Crippen LogP contribution in [-0.2, 0) is 14.3 Å². The van der Waals surface area contributed by atoms with Crippen LogP contribution in [0.15, 0.2) is 65.9 Å². The van der Waals surface area contributed by atoms with Crippen molar-refractivity contribution < 1.29 is 19.1 Å². The van der Waals surface area contributed by atoms with E-state index in [4.69, 9.17) is 9.47 Å². The minimum absolute atomic E-state index is 0.109. The smallest absolute Gasteiger partial charge is 0.411 e. The highest BCUT2D eigenvalue weighted by molar-refractivity contribution is 5.95. The SMILES string of the molecule is C=C(C)N(C)C(=O)C=C(C)c1ccc(C(C)N2CCC(COC)(C3=C(C)C=CCC3)OC2=O)cc1. The van der Waals surface area contributed by atoms with Gasteiger partial charge in [-0.3, -0.25) is 4.79 Å². The van der Waals surface area contributed by atoms with Gasteiger partial charge in [0, 0.05) is 38.9 Å². The van der Waals surface area contributed by atoms with Gasteiger partial charge < -0.3 is 19.3 Å². The summed E-state index contributed by atoms with van der Waals surface area (Å²) in [6.45, 7) is 12.6. The Bertz CT molecular complexity index is 1070. The van der Waals surface area contributed by atoms with Crippen molar-refractivity contribution in [3.8, 4) is 0 Å². The molecule has 1 aromatic rings. The Balaban J connectivity index is 1.74. The first-order chi connectivity index (χ1) is 16.6. The summed E-state index contributed by atoms with van der Waals surface area (Å²) in [5.41, 5.74) is 5.16. The molecule has 0 aromatic heterocycles. The van der Waals surface area contributed by atoms with Crippen molar-refractivity contribution in [3.05, 3.63) is 77.0 Å². The fraction of sp³-hybridized carbons (Fsp3) is 0.448. The summed E-state index contributed by atoms with van der Waals surface area (Å²) in [4.78, 5) is 28.9. The van der Waals surface area contributed by atoms with Gasteiger partial charge in [-0.2, -0.15) is 0 Å². The largest absolute Gasteiger partial charge is 0.436 e. The van der Waals surface area contributed by atoms with E-state index in [-0.39, 0.29) is 18.0 Å². The number of hydrogen-bond acceptors (Lipinski definition) is 4. The van der Waals surface area contributed by atoms with Gasteiger partial charge in [-0.15, -0.1) is 0 Å². The number of carbonyl (C=O) groups excluding carboxylic acids is 2. The Labute approximate surface area is 209 Å². The number of ether oxygens (including phenoxy) is 2. The van der Waals surface area contributed by atoms with Crippen molar-refractivity contribution in [2.24, 2.45) is 0 Å². The molecule has 0 radical (unpaired) electrons. The number of likely N-dealkylation sites (N-methyl/N-ethyl adjacent to an activating group) is 1. The highest BCUT2D eigenvalue weighted by Crippen LogP contribution is 2.39. The fourth-order valence-electron chi connectivity index (χ4n) is 4.79. The summed E-state index contributed by atoms with van der Waals surface area (Å²) in [5, 5.41) is 0. The number of hydrogen-bond donors (Lipinski definition) is 0.